The van der Waals surface area contributed by atoms with Crippen molar-refractivity contribution in [2.45, 2.75) is 38.5 Å². The van der Waals surface area contributed by atoms with E-state index in [1.165, 1.54) is 70.2 Å². The first-order chi connectivity index (χ1) is 16.1. The maximum Gasteiger partial charge on any atom is 1.00 e. The van der Waals surface area contributed by atoms with Gasteiger partial charge in [-0.1, -0.05) is 0 Å². The summed E-state index contributed by atoms with van der Waals surface area (Å²) in [5.41, 5.74) is 10.7. The summed E-state index contributed by atoms with van der Waals surface area (Å²) in [6.07, 6.45) is 10.4. The van der Waals surface area contributed by atoms with Gasteiger partial charge in [0.1, 0.15) is 23.2 Å². The number of halogens is 1. The number of aromatic nitrogens is 2. The molecule has 2 saturated heterocycles. The van der Waals surface area contributed by atoms with Crippen LogP contribution in [0.3, 0.4) is 0 Å². The molecular weight excluding hydrogens is 446 g/mol. The first kappa shape index (κ1) is 30.5. The van der Waals surface area contributed by atoms with Crippen LogP contribution in [0, 0.1) is 5.82 Å². The number of nitrogens with two attached hydrogens (primary N) is 2. The maximum atomic E-state index is 12.0. The van der Waals surface area contributed by atoms with Crippen LogP contribution in [-0.2, 0) is 0 Å². The number of nitrogens with zero attached hydrogens (tertiary/aromatic N) is 4. The van der Waals surface area contributed by atoms with Crippen LogP contribution in [0.15, 0.2) is 36.7 Å². The molecule has 4 rings (SSSR count). The van der Waals surface area contributed by atoms with Crippen LogP contribution < -0.4 is 45.8 Å². The van der Waals surface area contributed by atoms with E-state index in [1.807, 2.05) is 6.07 Å². The topological polar surface area (TPSA) is 114 Å². The molecule has 186 valence electrons. The van der Waals surface area contributed by atoms with Crippen LogP contribution in [0.25, 0.3) is 0 Å². The predicted molar refractivity (Wildman–Crippen MR) is 132 cm³/mol. The number of pyridine rings is 2. The van der Waals surface area contributed by atoms with Gasteiger partial charge in [-0.2, -0.15) is 0 Å². The maximum absolute atomic E-state index is 12.0. The number of likely N-dealkylation sites (tertiary alicyclic amines) is 2. The fourth-order valence-corrected chi connectivity index (χ4v) is 3.72. The zero-order valence-corrected chi connectivity index (χ0v) is 22.5. The Kier molecular flexibility index (Phi) is 16.9. The van der Waals surface area contributed by atoms with Crippen LogP contribution in [0.2, 0.25) is 0 Å². The Balaban J connectivity index is 0.000000523. The van der Waals surface area contributed by atoms with Crippen LogP contribution >= 0.6 is 0 Å². The van der Waals surface area contributed by atoms with E-state index >= 15 is 0 Å². The molecule has 0 spiro atoms. The van der Waals surface area contributed by atoms with Gasteiger partial charge in [0.25, 0.3) is 0 Å². The minimum Gasteiger partial charge on any atom is -1.00 e. The molecule has 10 heteroatoms. The average molecular weight is 487 g/mol. The SMILES string of the molecule is Nc1cc(F)ccn1.Nc1cc(OCCCN2CCCC2)ccn1.OCCCN1CCCC1.[H-].[Na+]. The Morgan fingerprint density at radius 1 is 0.882 bits per heavy atom. The zero-order valence-electron chi connectivity index (χ0n) is 21.5. The van der Waals surface area contributed by atoms with E-state index in [9.17, 15) is 4.39 Å². The van der Waals surface area contributed by atoms with E-state index in [4.69, 9.17) is 21.3 Å². The van der Waals surface area contributed by atoms with Crippen molar-refractivity contribution in [3.63, 3.8) is 0 Å². The smallest absolute Gasteiger partial charge is 1.00 e. The second-order valence-electron chi connectivity index (χ2n) is 8.19. The van der Waals surface area contributed by atoms with E-state index in [2.05, 4.69) is 19.8 Å². The van der Waals surface area contributed by atoms with Gasteiger partial charge < -0.3 is 32.5 Å². The molecule has 2 aliphatic rings. The van der Waals surface area contributed by atoms with Crippen molar-refractivity contribution in [3.05, 3.63) is 42.5 Å². The summed E-state index contributed by atoms with van der Waals surface area (Å²) in [4.78, 5) is 12.4. The Morgan fingerprint density at radius 3 is 1.88 bits per heavy atom. The van der Waals surface area contributed by atoms with E-state index in [0.717, 1.165) is 38.3 Å². The molecule has 0 aromatic carbocycles. The molecule has 0 atom stereocenters. The van der Waals surface area contributed by atoms with E-state index < -0.39 is 0 Å². The molecule has 34 heavy (non-hydrogen) atoms. The summed E-state index contributed by atoms with van der Waals surface area (Å²) < 4.78 is 17.6. The second kappa shape index (κ2) is 18.8. The molecular formula is C24H40FN6NaO2. The molecule has 2 aromatic rings. The molecule has 8 nitrogen and oxygen atoms in total. The number of hydrogen-bond acceptors (Lipinski definition) is 8. The van der Waals surface area contributed by atoms with Crippen molar-refractivity contribution in [3.8, 4) is 5.75 Å². The number of hydrogen-bond donors (Lipinski definition) is 3. The number of aliphatic hydroxyl groups is 1. The normalized spacial score (nSPS) is 15.5. The van der Waals surface area contributed by atoms with Crippen molar-refractivity contribution < 1.29 is 45.2 Å². The van der Waals surface area contributed by atoms with Gasteiger partial charge in [-0.25, -0.2) is 14.4 Å². The third-order valence-corrected chi connectivity index (χ3v) is 5.41. The minimum absolute atomic E-state index is 0. The Labute approximate surface area is 226 Å². The first-order valence-electron chi connectivity index (χ1n) is 11.8. The van der Waals surface area contributed by atoms with Gasteiger partial charge in [0.2, 0.25) is 0 Å². The van der Waals surface area contributed by atoms with Crippen LogP contribution in [0.4, 0.5) is 16.0 Å². The number of aliphatic hydroxyl groups excluding tert-OH is 1. The van der Waals surface area contributed by atoms with Crippen LogP contribution in [-0.4, -0.2) is 77.4 Å². The molecule has 2 aromatic heterocycles. The summed E-state index contributed by atoms with van der Waals surface area (Å²) in [5.74, 6) is 1.19. The summed E-state index contributed by atoms with van der Waals surface area (Å²) in [5, 5.41) is 8.50. The summed E-state index contributed by atoms with van der Waals surface area (Å²) >= 11 is 0. The number of nitrogen functional groups attached to an aromatic ring is 2. The van der Waals surface area contributed by atoms with Gasteiger partial charge in [-0.15, -0.1) is 0 Å². The van der Waals surface area contributed by atoms with E-state index in [-0.39, 0.29) is 42.6 Å². The van der Waals surface area contributed by atoms with Crippen LogP contribution in [0.5, 0.6) is 5.75 Å². The fourth-order valence-electron chi connectivity index (χ4n) is 3.72. The van der Waals surface area contributed by atoms with Gasteiger partial charge in [-0.05, 0) is 76.8 Å². The number of rotatable bonds is 8. The van der Waals surface area contributed by atoms with Crippen molar-refractivity contribution in [2.24, 2.45) is 0 Å². The molecule has 2 aliphatic heterocycles. The van der Waals surface area contributed by atoms with Gasteiger partial charge >= 0.3 is 29.6 Å². The largest absolute Gasteiger partial charge is 1.00 e. The van der Waals surface area contributed by atoms with Crippen molar-refractivity contribution >= 4 is 11.6 Å². The third kappa shape index (κ3) is 14.0. The van der Waals surface area contributed by atoms with Crippen molar-refractivity contribution in [1.82, 2.24) is 19.8 Å². The average Bonchev–Trinajstić information content (AvgIpc) is 3.51. The van der Waals surface area contributed by atoms with Gasteiger partial charge in [0, 0.05) is 44.2 Å². The molecule has 0 saturated carbocycles. The van der Waals surface area contributed by atoms with E-state index in [1.54, 1.807) is 12.3 Å². The quantitative estimate of drug-likeness (QED) is 0.351. The summed E-state index contributed by atoms with van der Waals surface area (Å²) in [6.45, 7) is 8.33. The van der Waals surface area contributed by atoms with Crippen molar-refractivity contribution in [1.29, 1.82) is 0 Å². The Bertz CT molecular complexity index is 766. The van der Waals surface area contributed by atoms with Gasteiger partial charge in [0.15, 0.2) is 0 Å². The Morgan fingerprint density at radius 2 is 1.41 bits per heavy atom. The molecule has 0 unspecified atom stereocenters. The molecule has 0 bridgehead atoms. The molecule has 0 radical (unpaired) electrons. The van der Waals surface area contributed by atoms with Crippen LogP contribution in [0.1, 0.15) is 40.0 Å². The summed E-state index contributed by atoms with van der Waals surface area (Å²) in [6, 6.07) is 6.01. The predicted octanol–water partition coefficient (Wildman–Crippen LogP) is -0.0875. The number of ether oxygens (including phenoxy) is 1. The minimum atomic E-state index is -0.350. The second-order valence-corrected chi connectivity index (χ2v) is 8.19. The molecule has 0 amide bonds. The fraction of sp³-hybridized carbons (Fsp3) is 0.583. The third-order valence-electron chi connectivity index (χ3n) is 5.41. The standard InChI is InChI=1S/C12H19N3O.C7H15NO.C5H5FN2.Na.H/c13-12-10-11(4-5-14-12)16-9-3-8-15-6-1-2-7-15;9-7-3-6-8-4-1-2-5-8;6-4-1-2-8-5(7)3-4;;/h4-5,10H,1-3,6-9H2,(H2,13,14);9H,1-7H2;1-3H,(H2,7,8);;/q;;;+1;-1. The molecule has 5 N–H and O–H groups in total. The molecule has 4 heterocycles. The number of anilines is 2. The zero-order chi connectivity index (χ0) is 23.7. The molecule has 2 fully saturated rings. The van der Waals surface area contributed by atoms with Gasteiger partial charge in [0.05, 0.1) is 6.61 Å². The van der Waals surface area contributed by atoms with Crippen molar-refractivity contribution in [2.75, 3.05) is 63.9 Å². The van der Waals surface area contributed by atoms with E-state index in [0.29, 0.717) is 12.4 Å². The first-order valence-corrected chi connectivity index (χ1v) is 11.8. The summed E-state index contributed by atoms with van der Waals surface area (Å²) in [7, 11) is 0. The molecule has 0 aliphatic carbocycles. The van der Waals surface area contributed by atoms with Gasteiger partial charge in [-0.3, -0.25) is 0 Å². The monoisotopic (exact) mass is 486 g/mol. The Hall–Kier alpha value is -1.49.